The van der Waals surface area contributed by atoms with Crippen LogP contribution in [-0.2, 0) is 6.54 Å². The molecule has 0 amide bonds. The summed E-state index contributed by atoms with van der Waals surface area (Å²) in [5.41, 5.74) is 2.24. The minimum absolute atomic E-state index is 0. The second-order valence-electron chi connectivity index (χ2n) is 6.75. The highest BCUT2D eigenvalue weighted by Crippen LogP contribution is 2.18. The molecule has 1 unspecified atom stereocenters. The predicted molar refractivity (Wildman–Crippen MR) is 118 cm³/mol. The van der Waals surface area contributed by atoms with Crippen LogP contribution in [0, 0.1) is 0 Å². The molecule has 8 heteroatoms. The van der Waals surface area contributed by atoms with Gasteiger partial charge in [0.25, 0.3) is 0 Å². The SMILES string of the molecule is CN=C(NCc1cccc(-c2ncn[nH]2)c1)N1CCC(N2CC=CC2)C1.I. The molecule has 2 aliphatic rings. The van der Waals surface area contributed by atoms with Gasteiger partial charge < -0.3 is 10.2 Å². The monoisotopic (exact) mass is 479 g/mol. The lowest BCUT2D eigenvalue weighted by atomic mass is 10.1. The van der Waals surface area contributed by atoms with E-state index >= 15 is 0 Å². The number of nitrogens with zero attached hydrogens (tertiary/aromatic N) is 5. The Balaban J connectivity index is 0.00000210. The Morgan fingerprint density at radius 2 is 2.19 bits per heavy atom. The molecule has 2 aliphatic heterocycles. The number of hydrogen-bond acceptors (Lipinski definition) is 4. The molecule has 0 bridgehead atoms. The third kappa shape index (κ3) is 4.67. The van der Waals surface area contributed by atoms with Gasteiger partial charge in [0.1, 0.15) is 6.33 Å². The minimum atomic E-state index is 0. The molecule has 3 heterocycles. The summed E-state index contributed by atoms with van der Waals surface area (Å²) in [5, 5.41) is 10.3. The Kier molecular flexibility index (Phi) is 6.84. The van der Waals surface area contributed by atoms with E-state index in [9.17, 15) is 0 Å². The Labute approximate surface area is 177 Å². The van der Waals surface area contributed by atoms with Gasteiger partial charge in [-0.1, -0.05) is 30.4 Å². The van der Waals surface area contributed by atoms with Gasteiger partial charge in [-0.2, -0.15) is 5.10 Å². The van der Waals surface area contributed by atoms with Crippen LogP contribution in [0.15, 0.2) is 47.7 Å². The number of aliphatic imine (C=N–C) groups is 1. The van der Waals surface area contributed by atoms with Crippen LogP contribution in [0.3, 0.4) is 0 Å². The van der Waals surface area contributed by atoms with Gasteiger partial charge in [0, 0.05) is 51.4 Å². The largest absolute Gasteiger partial charge is 0.352 e. The van der Waals surface area contributed by atoms with Gasteiger partial charge in [-0.05, 0) is 18.1 Å². The molecular weight excluding hydrogens is 453 g/mol. The summed E-state index contributed by atoms with van der Waals surface area (Å²) >= 11 is 0. The molecule has 0 radical (unpaired) electrons. The van der Waals surface area contributed by atoms with E-state index in [1.807, 2.05) is 19.2 Å². The average Bonchev–Trinajstić information content (AvgIpc) is 3.43. The number of guanidine groups is 1. The van der Waals surface area contributed by atoms with E-state index in [1.54, 1.807) is 0 Å². The summed E-state index contributed by atoms with van der Waals surface area (Å²) < 4.78 is 0. The van der Waals surface area contributed by atoms with Crippen LogP contribution in [-0.4, -0.2) is 70.2 Å². The highest BCUT2D eigenvalue weighted by Gasteiger charge is 2.29. The zero-order valence-corrected chi connectivity index (χ0v) is 17.8. The number of likely N-dealkylation sites (tertiary alicyclic amines) is 1. The smallest absolute Gasteiger partial charge is 0.193 e. The molecule has 0 spiro atoms. The number of rotatable bonds is 4. The van der Waals surface area contributed by atoms with Crippen molar-refractivity contribution in [3.8, 4) is 11.4 Å². The molecule has 1 atom stereocenters. The molecule has 0 saturated carbocycles. The van der Waals surface area contributed by atoms with Crippen molar-refractivity contribution in [1.82, 2.24) is 30.3 Å². The van der Waals surface area contributed by atoms with Crippen LogP contribution in [0.2, 0.25) is 0 Å². The topological polar surface area (TPSA) is 72.4 Å². The van der Waals surface area contributed by atoms with Crippen LogP contribution in [0.4, 0.5) is 0 Å². The third-order valence-electron chi connectivity index (χ3n) is 5.10. The fraction of sp³-hybridized carbons (Fsp3) is 0.421. The second kappa shape index (κ2) is 9.32. The number of H-pyrrole nitrogens is 1. The van der Waals surface area contributed by atoms with Crippen LogP contribution < -0.4 is 5.32 Å². The normalized spacial score (nSPS) is 20.1. The van der Waals surface area contributed by atoms with E-state index in [0.717, 1.165) is 50.1 Å². The molecule has 0 aliphatic carbocycles. The minimum Gasteiger partial charge on any atom is -0.352 e. The van der Waals surface area contributed by atoms with E-state index in [1.165, 1.54) is 18.3 Å². The first-order chi connectivity index (χ1) is 12.8. The van der Waals surface area contributed by atoms with Gasteiger partial charge >= 0.3 is 0 Å². The third-order valence-corrected chi connectivity index (χ3v) is 5.10. The number of halogens is 1. The summed E-state index contributed by atoms with van der Waals surface area (Å²) in [4.78, 5) is 13.6. The van der Waals surface area contributed by atoms with E-state index in [4.69, 9.17) is 0 Å². The van der Waals surface area contributed by atoms with Crippen molar-refractivity contribution in [3.63, 3.8) is 0 Å². The number of aromatic nitrogens is 3. The van der Waals surface area contributed by atoms with Crippen molar-refractivity contribution < 1.29 is 0 Å². The maximum Gasteiger partial charge on any atom is 0.193 e. The summed E-state index contributed by atoms with van der Waals surface area (Å²) in [6.07, 6.45) is 7.25. The first-order valence-electron chi connectivity index (χ1n) is 9.13. The maximum absolute atomic E-state index is 4.49. The second-order valence-corrected chi connectivity index (χ2v) is 6.75. The van der Waals surface area contributed by atoms with Gasteiger partial charge in [0.05, 0.1) is 0 Å². The van der Waals surface area contributed by atoms with Gasteiger partial charge in [-0.3, -0.25) is 15.0 Å². The van der Waals surface area contributed by atoms with Crippen molar-refractivity contribution in [2.45, 2.75) is 19.0 Å². The number of hydrogen-bond donors (Lipinski definition) is 2. The van der Waals surface area contributed by atoms with Gasteiger partial charge in [0.2, 0.25) is 0 Å². The highest BCUT2D eigenvalue weighted by molar-refractivity contribution is 14.0. The van der Waals surface area contributed by atoms with Crippen LogP contribution in [0.25, 0.3) is 11.4 Å². The van der Waals surface area contributed by atoms with Crippen molar-refractivity contribution in [1.29, 1.82) is 0 Å². The molecule has 2 N–H and O–H groups in total. The first kappa shape index (κ1) is 19.8. The van der Waals surface area contributed by atoms with E-state index in [2.05, 4.69) is 59.6 Å². The quantitative estimate of drug-likeness (QED) is 0.304. The van der Waals surface area contributed by atoms with Crippen molar-refractivity contribution >= 4 is 29.9 Å². The lowest BCUT2D eigenvalue weighted by molar-refractivity contribution is 0.259. The molecule has 7 nitrogen and oxygen atoms in total. The Morgan fingerprint density at radius 3 is 2.93 bits per heavy atom. The Bertz CT molecular complexity index is 779. The zero-order valence-electron chi connectivity index (χ0n) is 15.5. The lowest BCUT2D eigenvalue weighted by Gasteiger charge is -2.25. The number of nitrogens with one attached hydrogen (secondary N) is 2. The van der Waals surface area contributed by atoms with E-state index < -0.39 is 0 Å². The first-order valence-corrected chi connectivity index (χ1v) is 9.13. The molecule has 1 saturated heterocycles. The molecular formula is C19H26IN7. The molecule has 27 heavy (non-hydrogen) atoms. The summed E-state index contributed by atoms with van der Waals surface area (Å²) in [7, 11) is 1.86. The Morgan fingerprint density at radius 1 is 1.33 bits per heavy atom. The van der Waals surface area contributed by atoms with Crippen LogP contribution in [0.1, 0.15) is 12.0 Å². The number of aromatic amines is 1. The van der Waals surface area contributed by atoms with Gasteiger partial charge in [-0.25, -0.2) is 4.98 Å². The standard InChI is InChI=1S/C19H25N7.HI/c1-20-19(26-10-7-17(13-26)25-8-2-3-9-25)21-12-15-5-4-6-16(11-15)18-22-14-23-24-18;/h2-6,11,14,17H,7-10,12-13H2,1H3,(H,20,21)(H,22,23,24);1H. The van der Waals surface area contributed by atoms with E-state index in [-0.39, 0.29) is 24.0 Å². The van der Waals surface area contributed by atoms with Crippen molar-refractivity contribution in [3.05, 3.63) is 48.3 Å². The lowest BCUT2D eigenvalue weighted by Crippen LogP contribution is -2.42. The summed E-state index contributed by atoms with van der Waals surface area (Å²) in [5.74, 6) is 1.77. The number of benzene rings is 1. The van der Waals surface area contributed by atoms with Gasteiger partial charge in [0.15, 0.2) is 11.8 Å². The fourth-order valence-corrected chi connectivity index (χ4v) is 3.71. The molecule has 144 valence electrons. The van der Waals surface area contributed by atoms with Crippen LogP contribution in [0.5, 0.6) is 0 Å². The maximum atomic E-state index is 4.49. The molecule has 1 fully saturated rings. The highest BCUT2D eigenvalue weighted by atomic mass is 127. The summed E-state index contributed by atoms with van der Waals surface area (Å²) in [6.45, 7) is 5.00. The average molecular weight is 479 g/mol. The van der Waals surface area contributed by atoms with E-state index in [0.29, 0.717) is 6.04 Å². The Hall–Kier alpha value is -1.94. The van der Waals surface area contributed by atoms with Crippen molar-refractivity contribution in [2.24, 2.45) is 4.99 Å². The molecule has 1 aromatic carbocycles. The predicted octanol–water partition coefficient (Wildman–Crippen LogP) is 2.11. The zero-order chi connectivity index (χ0) is 17.8. The van der Waals surface area contributed by atoms with Crippen LogP contribution >= 0.6 is 24.0 Å². The van der Waals surface area contributed by atoms with Crippen molar-refractivity contribution in [2.75, 3.05) is 33.2 Å². The fourth-order valence-electron chi connectivity index (χ4n) is 3.71. The van der Waals surface area contributed by atoms with Gasteiger partial charge in [-0.15, -0.1) is 24.0 Å². The molecule has 1 aromatic heterocycles. The summed E-state index contributed by atoms with van der Waals surface area (Å²) in [6, 6.07) is 8.95. The molecule has 2 aromatic rings. The molecule has 4 rings (SSSR count).